The average Bonchev–Trinajstić information content (AvgIpc) is 3.12. The molecule has 0 saturated carbocycles. The van der Waals surface area contributed by atoms with Crippen LogP contribution in [0.15, 0.2) is 75.9 Å². The van der Waals surface area contributed by atoms with Gasteiger partial charge in [-0.15, -0.1) is 24.8 Å². The van der Waals surface area contributed by atoms with Crippen LogP contribution in [-0.2, 0) is 0 Å². The molecule has 4 rings (SSSR count). The lowest BCUT2D eigenvalue weighted by Gasteiger charge is -2.15. The molecule has 0 spiro atoms. The number of halogens is 3. The molecule has 3 nitrogen and oxygen atoms in total. The largest absolute Gasteiger partial charge is 0.457 e. The van der Waals surface area contributed by atoms with Crippen molar-refractivity contribution < 1.29 is 8.81 Å². The van der Waals surface area contributed by atoms with Gasteiger partial charge in [0.2, 0.25) is 0 Å². The lowest BCUT2D eigenvalue weighted by atomic mass is 9.96. The fourth-order valence-corrected chi connectivity index (χ4v) is 2.97. The van der Waals surface area contributed by atoms with Crippen molar-refractivity contribution in [2.45, 2.75) is 12.8 Å². The highest BCUT2D eigenvalue weighted by Crippen LogP contribution is 2.26. The van der Waals surface area contributed by atoms with Crippen molar-refractivity contribution in [1.29, 1.82) is 0 Å². The molecular formula is C21H19Cl2FN2O. The van der Waals surface area contributed by atoms with E-state index in [1.807, 2.05) is 36.5 Å². The highest BCUT2D eigenvalue weighted by Gasteiger charge is 2.15. The summed E-state index contributed by atoms with van der Waals surface area (Å²) in [4.78, 5) is 8.87. The van der Waals surface area contributed by atoms with E-state index < -0.39 is 0 Å². The lowest BCUT2D eigenvalue weighted by Crippen LogP contribution is -2.11. The summed E-state index contributed by atoms with van der Waals surface area (Å²) in [5.41, 5.74) is 4.02. The summed E-state index contributed by atoms with van der Waals surface area (Å²) in [5.74, 6) is 1.24. The zero-order chi connectivity index (χ0) is 17.1. The molecule has 3 aromatic rings. The number of rotatable bonds is 3. The van der Waals surface area contributed by atoms with E-state index in [1.165, 1.54) is 12.1 Å². The molecule has 0 bridgehead atoms. The second kappa shape index (κ2) is 9.49. The molecule has 0 unspecified atom stereocenters. The van der Waals surface area contributed by atoms with Crippen LogP contribution in [0.5, 0.6) is 0 Å². The maximum Gasteiger partial charge on any atom is 0.134 e. The van der Waals surface area contributed by atoms with Crippen molar-refractivity contribution >= 4 is 36.6 Å². The Hall–Kier alpha value is -2.43. The first-order chi connectivity index (χ1) is 12.3. The molecule has 0 aliphatic carbocycles. The minimum atomic E-state index is -0.253. The van der Waals surface area contributed by atoms with E-state index >= 15 is 0 Å². The Labute approximate surface area is 169 Å². The van der Waals surface area contributed by atoms with Gasteiger partial charge in [-0.2, -0.15) is 0 Å². The Morgan fingerprint density at radius 3 is 2.52 bits per heavy atom. The van der Waals surface area contributed by atoms with Crippen LogP contribution in [0, 0.1) is 5.82 Å². The molecule has 2 aromatic heterocycles. The maximum absolute atomic E-state index is 13.1. The molecule has 3 heterocycles. The quantitative estimate of drug-likeness (QED) is 0.537. The van der Waals surface area contributed by atoms with Crippen molar-refractivity contribution in [3.8, 4) is 11.3 Å². The van der Waals surface area contributed by atoms with Crippen molar-refractivity contribution in [2.75, 3.05) is 6.54 Å². The van der Waals surface area contributed by atoms with Crippen LogP contribution in [0.1, 0.15) is 24.2 Å². The molecule has 6 heteroatoms. The summed E-state index contributed by atoms with van der Waals surface area (Å²) >= 11 is 0. The van der Waals surface area contributed by atoms with E-state index in [0.717, 1.165) is 53.3 Å². The molecule has 140 valence electrons. The van der Waals surface area contributed by atoms with Gasteiger partial charge in [-0.3, -0.25) is 9.98 Å². The van der Waals surface area contributed by atoms with Crippen LogP contribution in [0.25, 0.3) is 17.4 Å². The number of pyridine rings is 1. The number of allylic oxidation sites excluding steroid dienone is 1. The topological polar surface area (TPSA) is 38.4 Å². The molecule has 0 atom stereocenters. The molecule has 1 aliphatic rings. The Morgan fingerprint density at radius 1 is 0.963 bits per heavy atom. The van der Waals surface area contributed by atoms with Gasteiger partial charge in [0, 0.05) is 30.1 Å². The minimum Gasteiger partial charge on any atom is -0.457 e. The third-order valence-corrected chi connectivity index (χ3v) is 4.19. The summed E-state index contributed by atoms with van der Waals surface area (Å²) in [5, 5.41) is 0. The van der Waals surface area contributed by atoms with Crippen LogP contribution >= 0.6 is 24.8 Å². The van der Waals surface area contributed by atoms with Crippen LogP contribution in [0.2, 0.25) is 0 Å². The molecular weight excluding hydrogens is 386 g/mol. The predicted molar refractivity (Wildman–Crippen MR) is 111 cm³/mol. The number of furan rings is 1. The van der Waals surface area contributed by atoms with Gasteiger partial charge >= 0.3 is 0 Å². The number of aliphatic imine (C=N–C) groups is 1. The molecule has 0 saturated heterocycles. The second-order valence-electron chi connectivity index (χ2n) is 5.95. The predicted octanol–water partition coefficient (Wildman–Crippen LogP) is 5.99. The number of aromatic nitrogens is 1. The molecule has 0 amide bonds. The van der Waals surface area contributed by atoms with Crippen LogP contribution in [-0.4, -0.2) is 17.2 Å². The van der Waals surface area contributed by atoms with Gasteiger partial charge in [0.1, 0.15) is 17.3 Å². The highest BCUT2D eigenvalue weighted by atomic mass is 35.5. The number of benzene rings is 1. The summed E-state index contributed by atoms with van der Waals surface area (Å²) in [6.45, 7) is 0.834. The van der Waals surface area contributed by atoms with Gasteiger partial charge in [0.15, 0.2) is 0 Å². The Morgan fingerprint density at radius 2 is 1.78 bits per heavy atom. The third kappa shape index (κ3) is 4.85. The van der Waals surface area contributed by atoms with Crippen LogP contribution in [0.4, 0.5) is 4.39 Å². The number of hydrogen-bond donors (Lipinski definition) is 0. The van der Waals surface area contributed by atoms with E-state index in [4.69, 9.17) is 4.42 Å². The van der Waals surface area contributed by atoms with E-state index in [-0.39, 0.29) is 30.6 Å². The van der Waals surface area contributed by atoms with Gasteiger partial charge in [0.25, 0.3) is 0 Å². The molecule has 0 fully saturated rings. The standard InChI is InChI=1S/C21H17FN2O.2ClH/c22-18-7-5-15(6-8-18)20-10-9-19(25-20)13-16-3-2-12-24-21(16)17-4-1-11-23-14-17;;/h1,4-11,13-14H,2-3,12H2;2*1H/b16-13-;;. The number of hydrogen-bond acceptors (Lipinski definition) is 3. The van der Waals surface area contributed by atoms with Gasteiger partial charge in [-0.25, -0.2) is 4.39 Å². The zero-order valence-electron chi connectivity index (χ0n) is 14.5. The highest BCUT2D eigenvalue weighted by molar-refractivity contribution is 6.15. The van der Waals surface area contributed by atoms with Crippen LogP contribution < -0.4 is 0 Å². The smallest absolute Gasteiger partial charge is 0.134 e. The maximum atomic E-state index is 13.1. The van der Waals surface area contributed by atoms with Crippen molar-refractivity contribution in [1.82, 2.24) is 4.98 Å². The fourth-order valence-electron chi connectivity index (χ4n) is 2.97. The molecule has 1 aromatic carbocycles. The summed E-state index contributed by atoms with van der Waals surface area (Å²) in [6.07, 6.45) is 7.63. The van der Waals surface area contributed by atoms with E-state index in [1.54, 1.807) is 18.3 Å². The van der Waals surface area contributed by atoms with Crippen LogP contribution in [0.3, 0.4) is 0 Å². The molecule has 0 radical (unpaired) electrons. The molecule has 27 heavy (non-hydrogen) atoms. The fraction of sp³-hybridized carbons (Fsp3) is 0.143. The molecule has 1 aliphatic heterocycles. The first-order valence-electron chi connectivity index (χ1n) is 8.31. The first-order valence-corrected chi connectivity index (χ1v) is 8.31. The average molecular weight is 405 g/mol. The summed E-state index contributed by atoms with van der Waals surface area (Å²) in [6, 6.07) is 14.1. The minimum absolute atomic E-state index is 0. The zero-order valence-corrected chi connectivity index (χ0v) is 16.1. The van der Waals surface area contributed by atoms with Gasteiger partial charge in [-0.1, -0.05) is 0 Å². The second-order valence-corrected chi connectivity index (χ2v) is 5.95. The third-order valence-electron chi connectivity index (χ3n) is 4.19. The van der Waals surface area contributed by atoms with Crippen molar-refractivity contribution in [2.24, 2.45) is 4.99 Å². The van der Waals surface area contributed by atoms with Gasteiger partial charge in [0.05, 0.1) is 5.71 Å². The SMILES string of the molecule is Cl.Cl.Fc1ccc(-c2ccc(/C=C3/CCCN=C3c3cccnc3)o2)cc1. The Kier molecular flexibility index (Phi) is 7.34. The van der Waals surface area contributed by atoms with E-state index in [2.05, 4.69) is 9.98 Å². The monoisotopic (exact) mass is 404 g/mol. The van der Waals surface area contributed by atoms with Gasteiger partial charge in [-0.05, 0) is 73.0 Å². The normalized spacial score (nSPS) is 14.9. The van der Waals surface area contributed by atoms with Crippen molar-refractivity contribution in [3.05, 3.63) is 83.6 Å². The Balaban J connectivity index is 0.00000131. The van der Waals surface area contributed by atoms with Gasteiger partial charge < -0.3 is 4.42 Å². The van der Waals surface area contributed by atoms with E-state index in [0.29, 0.717) is 0 Å². The van der Waals surface area contributed by atoms with Crippen molar-refractivity contribution in [3.63, 3.8) is 0 Å². The molecule has 0 N–H and O–H groups in total. The summed E-state index contributed by atoms with van der Waals surface area (Å²) < 4.78 is 19.0. The number of nitrogens with zero attached hydrogens (tertiary/aromatic N) is 2. The summed E-state index contributed by atoms with van der Waals surface area (Å²) in [7, 11) is 0. The first kappa shape index (κ1) is 20.9. The Bertz CT molecular complexity index is 934. The lowest BCUT2D eigenvalue weighted by molar-refractivity contribution is 0.570. The van der Waals surface area contributed by atoms with E-state index in [9.17, 15) is 4.39 Å².